The number of hydrogen-bond donors (Lipinski definition) is 0. The second kappa shape index (κ2) is 6.70. The van der Waals surface area contributed by atoms with Gasteiger partial charge in [0.25, 0.3) is 0 Å². The van der Waals surface area contributed by atoms with Crippen LogP contribution in [0.15, 0.2) is 30.3 Å². The lowest BCUT2D eigenvalue weighted by Gasteiger charge is -2.24. The Kier molecular flexibility index (Phi) is 5.54. The maximum absolute atomic E-state index is 12.3. The number of nitrogens with zero attached hydrogens (tertiary/aromatic N) is 1. The van der Waals surface area contributed by atoms with Crippen LogP contribution in [0.5, 0.6) is 0 Å². The van der Waals surface area contributed by atoms with Crippen molar-refractivity contribution >= 4 is 5.78 Å². The van der Waals surface area contributed by atoms with Crippen molar-refractivity contribution in [3.63, 3.8) is 0 Å². The molecule has 0 heterocycles. The monoisotopic (exact) mass is 273 g/mol. The van der Waals surface area contributed by atoms with Gasteiger partial charge in [0, 0.05) is 18.0 Å². The summed E-state index contributed by atoms with van der Waals surface area (Å²) in [6.45, 7) is 2.73. The molecule has 0 amide bonds. The van der Waals surface area contributed by atoms with Gasteiger partial charge in [-0.2, -0.15) is 13.2 Å². The quantitative estimate of drug-likeness (QED) is 0.740. The van der Waals surface area contributed by atoms with Gasteiger partial charge in [0.15, 0.2) is 5.78 Å². The van der Waals surface area contributed by atoms with Crippen molar-refractivity contribution in [1.29, 1.82) is 0 Å². The van der Waals surface area contributed by atoms with Gasteiger partial charge in [-0.25, -0.2) is 0 Å². The molecule has 0 aliphatic carbocycles. The summed E-state index contributed by atoms with van der Waals surface area (Å²) in [5.41, 5.74) is 0.540. The largest absolute Gasteiger partial charge is 0.401 e. The van der Waals surface area contributed by atoms with Crippen molar-refractivity contribution < 1.29 is 18.0 Å². The molecular formula is C14H18F3NO. The standard InChI is InChI=1S/C14H18F3NO/c1-3-18(10-14(15,16)17)9-11(2)13(19)12-7-5-4-6-8-12/h4-8,11H,3,9-10H2,1-2H3. The smallest absolute Gasteiger partial charge is 0.295 e. The molecule has 1 aromatic carbocycles. The normalized spacial score (nSPS) is 13.6. The lowest BCUT2D eigenvalue weighted by atomic mass is 9.99. The maximum Gasteiger partial charge on any atom is 0.401 e. The van der Waals surface area contributed by atoms with Crippen LogP contribution in [-0.2, 0) is 0 Å². The summed E-state index contributed by atoms with van der Waals surface area (Å²) < 4.78 is 37.0. The summed E-state index contributed by atoms with van der Waals surface area (Å²) in [5, 5.41) is 0. The first-order chi connectivity index (χ1) is 8.83. The van der Waals surface area contributed by atoms with Crippen molar-refractivity contribution in [3.8, 4) is 0 Å². The molecule has 0 saturated heterocycles. The molecule has 1 unspecified atom stereocenters. The highest BCUT2D eigenvalue weighted by Gasteiger charge is 2.31. The average Bonchev–Trinajstić information content (AvgIpc) is 2.36. The second-order valence-electron chi connectivity index (χ2n) is 4.57. The Bertz CT molecular complexity index is 403. The molecule has 0 radical (unpaired) electrons. The summed E-state index contributed by atoms with van der Waals surface area (Å²) in [6.07, 6.45) is -4.23. The van der Waals surface area contributed by atoms with Gasteiger partial charge in [0.05, 0.1) is 6.54 Å². The van der Waals surface area contributed by atoms with Gasteiger partial charge < -0.3 is 0 Å². The number of Topliss-reactive ketones (excluding diaryl/α,β-unsaturated/α-hetero) is 1. The predicted molar refractivity (Wildman–Crippen MR) is 68.1 cm³/mol. The highest BCUT2D eigenvalue weighted by molar-refractivity contribution is 5.97. The van der Waals surface area contributed by atoms with E-state index >= 15 is 0 Å². The minimum atomic E-state index is -4.23. The molecule has 106 valence electrons. The predicted octanol–water partition coefficient (Wildman–Crippen LogP) is 3.39. The number of hydrogen-bond acceptors (Lipinski definition) is 2. The lowest BCUT2D eigenvalue weighted by molar-refractivity contribution is -0.146. The van der Waals surface area contributed by atoms with Crippen LogP contribution in [0.2, 0.25) is 0 Å². The number of carbonyl (C=O) groups excluding carboxylic acids is 1. The molecule has 0 spiro atoms. The van der Waals surface area contributed by atoms with E-state index in [1.807, 2.05) is 0 Å². The van der Waals surface area contributed by atoms with Crippen LogP contribution in [0.3, 0.4) is 0 Å². The number of alkyl halides is 3. The molecule has 2 nitrogen and oxygen atoms in total. The van der Waals surface area contributed by atoms with E-state index < -0.39 is 18.6 Å². The highest BCUT2D eigenvalue weighted by atomic mass is 19.4. The molecule has 0 fully saturated rings. The third-order valence-electron chi connectivity index (χ3n) is 2.89. The molecule has 0 N–H and O–H groups in total. The van der Waals surface area contributed by atoms with E-state index in [1.165, 1.54) is 4.90 Å². The molecule has 0 aliphatic heterocycles. The molecule has 0 aliphatic rings. The zero-order chi connectivity index (χ0) is 14.5. The Morgan fingerprint density at radius 2 is 1.84 bits per heavy atom. The summed E-state index contributed by atoms with van der Waals surface area (Å²) >= 11 is 0. The van der Waals surface area contributed by atoms with E-state index in [0.717, 1.165) is 0 Å². The van der Waals surface area contributed by atoms with Gasteiger partial charge >= 0.3 is 6.18 Å². The topological polar surface area (TPSA) is 20.3 Å². The van der Waals surface area contributed by atoms with Crippen LogP contribution in [-0.4, -0.2) is 36.5 Å². The first kappa shape index (κ1) is 15.7. The molecule has 1 rings (SSSR count). The summed E-state index contributed by atoms with van der Waals surface area (Å²) in [4.78, 5) is 13.3. The van der Waals surface area contributed by atoms with Gasteiger partial charge in [-0.1, -0.05) is 44.2 Å². The van der Waals surface area contributed by atoms with E-state index in [-0.39, 0.29) is 18.9 Å². The van der Waals surface area contributed by atoms with E-state index in [0.29, 0.717) is 5.56 Å². The van der Waals surface area contributed by atoms with Crippen LogP contribution in [0.1, 0.15) is 24.2 Å². The Morgan fingerprint density at radius 3 is 2.32 bits per heavy atom. The minimum absolute atomic E-state index is 0.115. The van der Waals surface area contributed by atoms with E-state index in [1.54, 1.807) is 44.2 Å². The van der Waals surface area contributed by atoms with Gasteiger partial charge in [0.2, 0.25) is 0 Å². The van der Waals surface area contributed by atoms with Crippen molar-refractivity contribution in [3.05, 3.63) is 35.9 Å². The van der Waals surface area contributed by atoms with Crippen molar-refractivity contribution in [2.75, 3.05) is 19.6 Å². The van der Waals surface area contributed by atoms with Crippen molar-refractivity contribution in [1.82, 2.24) is 4.90 Å². The van der Waals surface area contributed by atoms with E-state index in [2.05, 4.69) is 0 Å². The third kappa shape index (κ3) is 5.42. The Morgan fingerprint density at radius 1 is 1.26 bits per heavy atom. The second-order valence-corrected chi connectivity index (χ2v) is 4.57. The number of halogens is 3. The molecular weight excluding hydrogens is 255 g/mol. The SMILES string of the molecule is CCN(CC(C)C(=O)c1ccccc1)CC(F)(F)F. The fraction of sp³-hybridized carbons (Fsp3) is 0.500. The van der Waals surface area contributed by atoms with Crippen molar-refractivity contribution in [2.45, 2.75) is 20.0 Å². The van der Waals surface area contributed by atoms with Gasteiger partial charge in [-0.3, -0.25) is 9.69 Å². The molecule has 1 atom stereocenters. The zero-order valence-electron chi connectivity index (χ0n) is 11.1. The van der Waals surface area contributed by atoms with Gasteiger partial charge in [-0.15, -0.1) is 0 Å². The number of carbonyl (C=O) groups is 1. The Balaban J connectivity index is 2.63. The molecule has 0 bridgehead atoms. The summed E-state index contributed by atoms with van der Waals surface area (Å²) in [7, 11) is 0. The zero-order valence-corrected chi connectivity index (χ0v) is 11.1. The van der Waals surface area contributed by atoms with Crippen LogP contribution in [0, 0.1) is 5.92 Å². The molecule has 1 aromatic rings. The molecule has 19 heavy (non-hydrogen) atoms. The van der Waals surface area contributed by atoms with Gasteiger partial charge in [-0.05, 0) is 6.54 Å². The Labute approximate surface area is 111 Å². The lowest BCUT2D eigenvalue weighted by Crippen LogP contribution is -2.38. The fourth-order valence-corrected chi connectivity index (χ4v) is 1.92. The third-order valence-corrected chi connectivity index (χ3v) is 2.89. The summed E-state index contributed by atoms with van der Waals surface area (Å²) in [5.74, 6) is -0.578. The number of rotatable bonds is 6. The fourth-order valence-electron chi connectivity index (χ4n) is 1.92. The minimum Gasteiger partial charge on any atom is -0.295 e. The maximum atomic E-state index is 12.3. The van der Waals surface area contributed by atoms with Gasteiger partial charge in [0.1, 0.15) is 0 Å². The van der Waals surface area contributed by atoms with Crippen LogP contribution < -0.4 is 0 Å². The highest BCUT2D eigenvalue weighted by Crippen LogP contribution is 2.18. The van der Waals surface area contributed by atoms with Crippen LogP contribution >= 0.6 is 0 Å². The van der Waals surface area contributed by atoms with Crippen LogP contribution in [0.25, 0.3) is 0 Å². The molecule has 0 aromatic heterocycles. The van der Waals surface area contributed by atoms with Crippen LogP contribution in [0.4, 0.5) is 13.2 Å². The first-order valence-electron chi connectivity index (χ1n) is 6.22. The molecule has 0 saturated carbocycles. The average molecular weight is 273 g/mol. The van der Waals surface area contributed by atoms with Crippen molar-refractivity contribution in [2.24, 2.45) is 5.92 Å². The first-order valence-corrected chi connectivity index (χ1v) is 6.22. The number of ketones is 1. The number of benzene rings is 1. The Hall–Kier alpha value is -1.36. The summed E-state index contributed by atoms with van der Waals surface area (Å²) in [6, 6.07) is 8.64. The van der Waals surface area contributed by atoms with E-state index in [9.17, 15) is 18.0 Å². The van der Waals surface area contributed by atoms with E-state index in [4.69, 9.17) is 0 Å². The molecule has 5 heteroatoms.